The normalized spacial score (nSPS) is 25.7. The van der Waals surface area contributed by atoms with Crippen molar-refractivity contribution >= 4 is 6.03 Å². The third kappa shape index (κ3) is 4.25. The lowest BCUT2D eigenvalue weighted by Crippen LogP contribution is -2.44. The number of carbonyl (C=O) groups excluding carboxylic acids is 1. The number of urea groups is 1. The van der Waals surface area contributed by atoms with Gasteiger partial charge in [-0.25, -0.2) is 4.79 Å². The number of benzene rings is 1. The lowest BCUT2D eigenvalue weighted by Gasteiger charge is -2.27. The number of amides is 2. The van der Waals surface area contributed by atoms with E-state index in [0.717, 1.165) is 38.5 Å². The second-order valence-corrected chi connectivity index (χ2v) is 7.68. The molecule has 0 unspecified atom stereocenters. The summed E-state index contributed by atoms with van der Waals surface area (Å²) >= 11 is 0. The summed E-state index contributed by atoms with van der Waals surface area (Å²) in [4.78, 5) is 12.1. The molecule has 1 aromatic carbocycles. The van der Waals surface area contributed by atoms with Crippen LogP contribution in [0.5, 0.6) is 0 Å². The minimum absolute atomic E-state index is 0.0813. The van der Waals surface area contributed by atoms with E-state index in [2.05, 4.69) is 41.8 Å². The van der Waals surface area contributed by atoms with Crippen molar-refractivity contribution in [3.8, 4) is 0 Å². The molecule has 3 N–H and O–H groups in total. The van der Waals surface area contributed by atoms with Gasteiger partial charge in [-0.05, 0) is 54.6 Å². The largest absolute Gasteiger partial charge is 0.393 e. The van der Waals surface area contributed by atoms with Gasteiger partial charge in [-0.2, -0.15) is 0 Å². The second-order valence-electron chi connectivity index (χ2n) is 7.68. The number of hydrogen-bond donors (Lipinski definition) is 3. The van der Waals surface area contributed by atoms with Gasteiger partial charge in [-0.1, -0.05) is 37.6 Å². The van der Waals surface area contributed by atoms with E-state index in [1.807, 2.05) is 0 Å². The Hall–Kier alpha value is -1.55. The van der Waals surface area contributed by atoms with E-state index in [0.29, 0.717) is 19.0 Å². The first-order valence-electron chi connectivity index (χ1n) is 8.81. The standard InChI is InChI=1S/C19H28N2O2/c1-19(10-15-6-2-3-7-16(15)11-19)13-21-18(23)20-12-14-5-4-8-17(22)9-14/h2-3,6-7,14,17,22H,4-5,8-13H2,1H3,(H2,20,21,23)/t14-,17-/m1/s1. The lowest BCUT2D eigenvalue weighted by molar-refractivity contribution is 0.101. The van der Waals surface area contributed by atoms with Crippen molar-refractivity contribution < 1.29 is 9.90 Å². The lowest BCUT2D eigenvalue weighted by atomic mass is 9.87. The van der Waals surface area contributed by atoms with Gasteiger partial charge in [0, 0.05) is 13.1 Å². The van der Waals surface area contributed by atoms with Crippen LogP contribution >= 0.6 is 0 Å². The molecule has 1 saturated carbocycles. The Kier molecular flexibility index (Phi) is 4.90. The first-order chi connectivity index (χ1) is 11.0. The summed E-state index contributed by atoms with van der Waals surface area (Å²) in [6, 6.07) is 8.47. The maximum atomic E-state index is 12.1. The summed E-state index contributed by atoms with van der Waals surface area (Å²) in [7, 11) is 0. The first kappa shape index (κ1) is 16.3. The van der Waals surface area contributed by atoms with E-state index in [4.69, 9.17) is 0 Å². The van der Waals surface area contributed by atoms with Crippen LogP contribution in [0.1, 0.15) is 43.7 Å². The molecule has 0 radical (unpaired) electrons. The van der Waals surface area contributed by atoms with Crippen LogP contribution in [0.3, 0.4) is 0 Å². The zero-order valence-electron chi connectivity index (χ0n) is 14.0. The number of aliphatic hydroxyl groups excluding tert-OH is 1. The summed E-state index contributed by atoms with van der Waals surface area (Å²) in [5.74, 6) is 0.413. The zero-order valence-corrected chi connectivity index (χ0v) is 14.0. The Morgan fingerprint density at radius 2 is 1.91 bits per heavy atom. The fourth-order valence-corrected chi connectivity index (χ4v) is 4.05. The van der Waals surface area contributed by atoms with Gasteiger partial charge in [0.25, 0.3) is 0 Å². The molecular formula is C19H28N2O2. The molecule has 0 saturated heterocycles. The smallest absolute Gasteiger partial charge is 0.314 e. The second kappa shape index (κ2) is 6.91. The summed E-state index contributed by atoms with van der Waals surface area (Å²) in [5.41, 5.74) is 2.93. The van der Waals surface area contributed by atoms with Crippen LogP contribution in [-0.2, 0) is 12.8 Å². The maximum absolute atomic E-state index is 12.1. The van der Waals surface area contributed by atoms with Gasteiger partial charge in [0.15, 0.2) is 0 Å². The highest BCUT2D eigenvalue weighted by Crippen LogP contribution is 2.35. The Morgan fingerprint density at radius 3 is 2.57 bits per heavy atom. The predicted molar refractivity (Wildman–Crippen MR) is 91.3 cm³/mol. The fourth-order valence-electron chi connectivity index (χ4n) is 4.05. The molecule has 4 nitrogen and oxygen atoms in total. The molecule has 126 valence electrons. The van der Waals surface area contributed by atoms with E-state index < -0.39 is 0 Å². The van der Waals surface area contributed by atoms with Crippen molar-refractivity contribution in [1.82, 2.24) is 10.6 Å². The molecule has 0 spiro atoms. The van der Waals surface area contributed by atoms with Crippen molar-refractivity contribution in [3.63, 3.8) is 0 Å². The molecular weight excluding hydrogens is 288 g/mol. The highest BCUT2D eigenvalue weighted by molar-refractivity contribution is 5.73. The van der Waals surface area contributed by atoms with Gasteiger partial charge >= 0.3 is 6.03 Å². The number of nitrogens with one attached hydrogen (secondary N) is 2. The van der Waals surface area contributed by atoms with Crippen LogP contribution in [0.2, 0.25) is 0 Å². The molecule has 2 aliphatic carbocycles. The Bertz CT molecular complexity index is 533. The van der Waals surface area contributed by atoms with Gasteiger partial charge in [0.05, 0.1) is 6.10 Å². The van der Waals surface area contributed by atoms with E-state index >= 15 is 0 Å². The Morgan fingerprint density at radius 1 is 1.22 bits per heavy atom. The summed E-state index contributed by atoms with van der Waals surface area (Å²) < 4.78 is 0. The molecule has 1 aromatic rings. The van der Waals surface area contributed by atoms with Gasteiger partial charge < -0.3 is 15.7 Å². The third-order valence-corrected chi connectivity index (χ3v) is 5.33. The molecule has 1 fully saturated rings. The third-order valence-electron chi connectivity index (χ3n) is 5.33. The van der Waals surface area contributed by atoms with E-state index in [1.54, 1.807) is 0 Å². The average molecular weight is 316 g/mol. The average Bonchev–Trinajstić information content (AvgIpc) is 2.88. The number of aliphatic hydroxyl groups is 1. The molecule has 3 rings (SSSR count). The molecule has 4 heteroatoms. The minimum atomic E-state index is -0.186. The first-order valence-corrected chi connectivity index (χ1v) is 8.81. The van der Waals surface area contributed by atoms with Crippen molar-refractivity contribution in [1.29, 1.82) is 0 Å². The quantitative estimate of drug-likeness (QED) is 0.800. The summed E-state index contributed by atoms with van der Waals surface area (Å²) in [5, 5.41) is 15.7. The molecule has 2 aliphatic rings. The predicted octanol–water partition coefficient (Wildman–Crippen LogP) is 2.64. The molecule has 2 atom stereocenters. The molecule has 2 amide bonds. The van der Waals surface area contributed by atoms with Crippen molar-refractivity contribution in [2.75, 3.05) is 13.1 Å². The number of hydrogen-bond acceptors (Lipinski definition) is 2. The minimum Gasteiger partial charge on any atom is -0.393 e. The van der Waals surface area contributed by atoms with E-state index in [1.165, 1.54) is 11.1 Å². The van der Waals surface area contributed by atoms with Crippen molar-refractivity contribution in [2.45, 2.75) is 51.6 Å². The zero-order chi connectivity index (χ0) is 16.3. The van der Waals surface area contributed by atoms with Gasteiger partial charge in [-0.3, -0.25) is 0 Å². The molecule has 0 aliphatic heterocycles. The van der Waals surface area contributed by atoms with Crippen LogP contribution in [0.25, 0.3) is 0 Å². The molecule has 0 bridgehead atoms. The molecule has 23 heavy (non-hydrogen) atoms. The molecule has 0 aromatic heterocycles. The van der Waals surface area contributed by atoms with Crippen LogP contribution in [0, 0.1) is 11.3 Å². The van der Waals surface area contributed by atoms with E-state index in [-0.39, 0.29) is 17.6 Å². The Labute approximate surface area is 138 Å². The van der Waals surface area contributed by atoms with Crippen LogP contribution in [-0.4, -0.2) is 30.3 Å². The SMILES string of the molecule is CC1(CNC(=O)NC[C@@H]2CCC[C@@H](O)C2)Cc2ccccc2C1. The number of rotatable bonds is 4. The van der Waals surface area contributed by atoms with Crippen molar-refractivity contribution in [3.05, 3.63) is 35.4 Å². The number of fused-ring (bicyclic) bond motifs is 1. The van der Waals surface area contributed by atoms with Crippen LogP contribution in [0.4, 0.5) is 4.79 Å². The van der Waals surface area contributed by atoms with Crippen LogP contribution < -0.4 is 10.6 Å². The van der Waals surface area contributed by atoms with Gasteiger partial charge in [0.1, 0.15) is 0 Å². The van der Waals surface area contributed by atoms with Gasteiger partial charge in [0.2, 0.25) is 0 Å². The molecule has 0 heterocycles. The monoisotopic (exact) mass is 316 g/mol. The highest BCUT2D eigenvalue weighted by Gasteiger charge is 2.32. The topological polar surface area (TPSA) is 61.4 Å². The van der Waals surface area contributed by atoms with Gasteiger partial charge in [-0.15, -0.1) is 0 Å². The highest BCUT2D eigenvalue weighted by atomic mass is 16.3. The summed E-state index contributed by atoms with van der Waals surface area (Å²) in [6.07, 6.45) is 5.75. The summed E-state index contributed by atoms with van der Waals surface area (Å²) in [6.45, 7) is 3.60. The van der Waals surface area contributed by atoms with E-state index in [9.17, 15) is 9.90 Å². The maximum Gasteiger partial charge on any atom is 0.314 e. The van der Waals surface area contributed by atoms with Crippen LogP contribution in [0.15, 0.2) is 24.3 Å². The fraction of sp³-hybridized carbons (Fsp3) is 0.632. The van der Waals surface area contributed by atoms with Crippen molar-refractivity contribution in [2.24, 2.45) is 11.3 Å². The Balaban J connectivity index is 1.41. The number of carbonyl (C=O) groups is 1.